The first kappa shape index (κ1) is 22.1. The van der Waals surface area contributed by atoms with Gasteiger partial charge >= 0.3 is 0 Å². The van der Waals surface area contributed by atoms with Gasteiger partial charge in [0.1, 0.15) is 17.2 Å². The Labute approximate surface area is 181 Å². The summed E-state index contributed by atoms with van der Waals surface area (Å²) in [5.74, 6) is 2.43. The number of hydrogen-bond acceptors (Lipinski definition) is 7. The van der Waals surface area contributed by atoms with Crippen molar-refractivity contribution >= 4 is 5.91 Å². The highest BCUT2D eigenvalue weighted by atomic mass is 16.5. The van der Waals surface area contributed by atoms with Gasteiger partial charge in [0.2, 0.25) is 11.7 Å². The van der Waals surface area contributed by atoms with Crippen LogP contribution in [-0.2, 0) is 17.8 Å². The molecule has 8 heteroatoms. The van der Waals surface area contributed by atoms with Gasteiger partial charge in [-0.3, -0.25) is 4.79 Å². The molecule has 0 saturated heterocycles. The summed E-state index contributed by atoms with van der Waals surface area (Å²) in [4.78, 5) is 18.7. The lowest BCUT2D eigenvalue weighted by Gasteiger charge is -2.21. The molecule has 0 unspecified atom stereocenters. The van der Waals surface area contributed by atoms with Crippen LogP contribution in [0.25, 0.3) is 11.4 Å². The van der Waals surface area contributed by atoms with Crippen LogP contribution in [0.1, 0.15) is 25.3 Å². The molecular weight excluding hydrogens is 398 g/mol. The minimum absolute atomic E-state index is 0.160. The molecule has 1 atom stereocenters. The van der Waals surface area contributed by atoms with Gasteiger partial charge in [-0.15, -0.1) is 0 Å². The number of hydrogen-bond donors (Lipinski definition) is 0. The average Bonchev–Trinajstić information content (AvgIpc) is 3.26. The van der Waals surface area contributed by atoms with Crippen LogP contribution in [0.5, 0.6) is 17.2 Å². The van der Waals surface area contributed by atoms with Crippen molar-refractivity contribution < 1.29 is 23.5 Å². The number of methoxy groups -OCH3 is 2. The van der Waals surface area contributed by atoms with E-state index >= 15 is 0 Å². The van der Waals surface area contributed by atoms with E-state index in [-0.39, 0.29) is 12.5 Å². The predicted molar refractivity (Wildman–Crippen MR) is 115 cm³/mol. The summed E-state index contributed by atoms with van der Waals surface area (Å²) in [6.07, 6.45) is 0.175. The van der Waals surface area contributed by atoms with E-state index in [1.165, 1.54) is 4.90 Å². The van der Waals surface area contributed by atoms with Gasteiger partial charge in [-0.05, 0) is 37.1 Å². The van der Waals surface area contributed by atoms with Crippen LogP contribution in [0.3, 0.4) is 0 Å². The van der Waals surface area contributed by atoms with Crippen LogP contribution in [0.2, 0.25) is 0 Å². The largest absolute Gasteiger partial charge is 0.497 e. The molecule has 31 heavy (non-hydrogen) atoms. The van der Waals surface area contributed by atoms with Crippen molar-refractivity contribution in [2.75, 3.05) is 21.3 Å². The topological polar surface area (TPSA) is 86.9 Å². The van der Waals surface area contributed by atoms with E-state index in [0.29, 0.717) is 34.5 Å². The fraction of sp³-hybridized carbons (Fsp3) is 0.348. The summed E-state index contributed by atoms with van der Waals surface area (Å²) >= 11 is 0. The van der Waals surface area contributed by atoms with Crippen molar-refractivity contribution in [3.8, 4) is 28.6 Å². The monoisotopic (exact) mass is 425 g/mol. The number of likely N-dealkylation sites (N-methyl/N-ethyl adjacent to an activating group) is 1. The third-order valence-electron chi connectivity index (χ3n) is 4.87. The van der Waals surface area contributed by atoms with Crippen LogP contribution >= 0.6 is 0 Å². The highest BCUT2D eigenvalue weighted by molar-refractivity contribution is 5.80. The Balaban J connectivity index is 1.68. The number of benzene rings is 2. The third kappa shape index (κ3) is 5.14. The third-order valence-corrected chi connectivity index (χ3v) is 4.87. The van der Waals surface area contributed by atoms with Gasteiger partial charge in [0, 0.05) is 13.1 Å². The van der Waals surface area contributed by atoms with Crippen LogP contribution in [0, 0.1) is 0 Å². The zero-order chi connectivity index (χ0) is 22.4. The quantitative estimate of drug-likeness (QED) is 0.516. The van der Waals surface area contributed by atoms with Gasteiger partial charge in [0.15, 0.2) is 6.10 Å². The van der Waals surface area contributed by atoms with Gasteiger partial charge < -0.3 is 23.6 Å². The van der Waals surface area contributed by atoms with Crippen molar-refractivity contribution in [1.82, 2.24) is 15.0 Å². The number of aromatic nitrogens is 2. The maximum absolute atomic E-state index is 12.8. The van der Waals surface area contributed by atoms with E-state index in [1.54, 1.807) is 46.4 Å². The fourth-order valence-electron chi connectivity index (χ4n) is 3.15. The lowest BCUT2D eigenvalue weighted by molar-refractivity contribution is -0.137. The zero-order valence-corrected chi connectivity index (χ0v) is 18.4. The number of nitrogens with zero attached hydrogens (tertiary/aromatic N) is 3. The smallest absolute Gasteiger partial charge is 0.263 e. The molecule has 0 aliphatic rings. The van der Waals surface area contributed by atoms with Gasteiger partial charge in [-0.25, -0.2) is 0 Å². The first-order valence-corrected chi connectivity index (χ1v) is 10.0. The number of carbonyl (C=O) groups is 1. The van der Waals surface area contributed by atoms with Crippen molar-refractivity contribution in [2.24, 2.45) is 0 Å². The molecule has 164 valence electrons. The second kappa shape index (κ2) is 9.97. The Bertz CT molecular complexity index is 1030. The molecule has 8 nitrogen and oxygen atoms in total. The minimum atomic E-state index is -0.651. The lowest BCUT2D eigenvalue weighted by Crippen LogP contribution is -2.37. The van der Waals surface area contributed by atoms with Crippen molar-refractivity contribution in [3.05, 3.63) is 53.9 Å². The summed E-state index contributed by atoms with van der Waals surface area (Å²) in [6.45, 7) is 3.94. The van der Waals surface area contributed by atoms with E-state index in [9.17, 15) is 4.79 Å². The fourth-order valence-corrected chi connectivity index (χ4v) is 3.15. The average molecular weight is 425 g/mol. The number of amides is 1. The summed E-state index contributed by atoms with van der Waals surface area (Å²) in [5, 5.41) is 4.02. The second-order valence-electron chi connectivity index (χ2n) is 6.99. The van der Waals surface area contributed by atoms with Gasteiger partial charge in [-0.1, -0.05) is 30.3 Å². The van der Waals surface area contributed by atoms with Crippen molar-refractivity contribution in [3.63, 3.8) is 0 Å². The molecule has 1 aromatic heterocycles. The first-order chi connectivity index (χ1) is 15.0. The Morgan fingerprint density at radius 3 is 2.61 bits per heavy atom. The molecule has 0 spiro atoms. The molecule has 0 aliphatic carbocycles. The molecule has 0 fully saturated rings. The zero-order valence-electron chi connectivity index (χ0n) is 18.4. The first-order valence-electron chi connectivity index (χ1n) is 10.0. The number of aryl methyl sites for hydroxylation is 1. The number of ether oxygens (including phenoxy) is 3. The molecule has 0 bridgehead atoms. The summed E-state index contributed by atoms with van der Waals surface area (Å²) in [6, 6.07) is 13.0. The van der Waals surface area contributed by atoms with E-state index in [2.05, 4.69) is 10.1 Å². The molecule has 1 amide bonds. The SMILES string of the molecule is CCc1ccccc1O[C@@H](C)C(=O)N(C)Cc1nc(-c2ccc(OC)cc2OC)no1. The highest BCUT2D eigenvalue weighted by Crippen LogP contribution is 2.31. The molecule has 1 heterocycles. The predicted octanol–water partition coefficient (Wildman–Crippen LogP) is 3.74. The van der Waals surface area contributed by atoms with Crippen LogP contribution in [0.4, 0.5) is 0 Å². The number of rotatable bonds is 9. The number of para-hydroxylation sites is 1. The van der Waals surface area contributed by atoms with E-state index in [0.717, 1.165) is 12.0 Å². The molecule has 0 aliphatic heterocycles. The maximum atomic E-state index is 12.8. The van der Waals surface area contributed by atoms with Gasteiger partial charge in [0.25, 0.3) is 5.91 Å². The molecule has 0 saturated carbocycles. The molecule has 3 aromatic rings. The van der Waals surface area contributed by atoms with E-state index in [1.807, 2.05) is 31.2 Å². The van der Waals surface area contributed by atoms with Crippen molar-refractivity contribution in [1.29, 1.82) is 0 Å². The molecule has 0 radical (unpaired) electrons. The van der Waals surface area contributed by atoms with Crippen LogP contribution in [-0.4, -0.2) is 48.3 Å². The summed E-state index contributed by atoms with van der Waals surface area (Å²) < 4.78 is 21.9. The Kier molecular flexibility index (Phi) is 7.12. The normalized spacial score (nSPS) is 11.6. The minimum Gasteiger partial charge on any atom is -0.497 e. The van der Waals surface area contributed by atoms with E-state index in [4.69, 9.17) is 18.7 Å². The molecule has 2 aromatic carbocycles. The maximum Gasteiger partial charge on any atom is 0.263 e. The molecule has 3 rings (SSSR count). The van der Waals surface area contributed by atoms with Crippen LogP contribution in [0.15, 0.2) is 47.0 Å². The van der Waals surface area contributed by atoms with Crippen LogP contribution < -0.4 is 14.2 Å². The molecular formula is C23H27N3O5. The lowest BCUT2D eigenvalue weighted by atomic mass is 10.1. The standard InChI is InChI=1S/C23H27N3O5/c1-6-16-9-7-8-10-19(16)30-15(2)23(27)26(3)14-21-24-22(25-31-21)18-12-11-17(28-4)13-20(18)29-5/h7-13,15H,6,14H2,1-5H3/t15-/m0/s1. The summed E-state index contributed by atoms with van der Waals surface area (Å²) in [7, 11) is 4.81. The Morgan fingerprint density at radius 2 is 1.90 bits per heavy atom. The van der Waals surface area contributed by atoms with Gasteiger partial charge in [0.05, 0.1) is 26.3 Å². The summed E-state index contributed by atoms with van der Waals surface area (Å²) in [5.41, 5.74) is 1.72. The van der Waals surface area contributed by atoms with Gasteiger partial charge in [-0.2, -0.15) is 4.98 Å². The number of carbonyl (C=O) groups excluding carboxylic acids is 1. The Hall–Kier alpha value is -3.55. The molecule has 0 N–H and O–H groups in total. The highest BCUT2D eigenvalue weighted by Gasteiger charge is 2.23. The van der Waals surface area contributed by atoms with Crippen molar-refractivity contribution in [2.45, 2.75) is 32.9 Å². The Morgan fingerprint density at radius 1 is 1.13 bits per heavy atom. The second-order valence-corrected chi connectivity index (χ2v) is 6.99. The van der Waals surface area contributed by atoms with E-state index < -0.39 is 6.10 Å².